The molecule has 134 valence electrons. The molecule has 0 saturated heterocycles. The molecule has 0 unspecified atom stereocenters. The van der Waals surface area contributed by atoms with Gasteiger partial charge >= 0.3 is 0 Å². The molecule has 0 aromatic carbocycles. The molecule has 0 bridgehead atoms. The zero-order chi connectivity index (χ0) is 17.6. The lowest BCUT2D eigenvalue weighted by molar-refractivity contribution is -0.00710. The number of amides is 1. The van der Waals surface area contributed by atoms with Crippen molar-refractivity contribution in [1.29, 1.82) is 0 Å². The van der Waals surface area contributed by atoms with E-state index in [2.05, 4.69) is 26.7 Å². The van der Waals surface area contributed by atoms with Crippen LogP contribution < -0.4 is 5.32 Å². The third-order valence-electron chi connectivity index (χ3n) is 5.32. The first-order valence-corrected chi connectivity index (χ1v) is 9.06. The third kappa shape index (κ3) is 2.97. The summed E-state index contributed by atoms with van der Waals surface area (Å²) in [5.74, 6) is 0.491. The predicted molar refractivity (Wildman–Crippen MR) is 92.2 cm³/mol. The quantitative estimate of drug-likeness (QED) is 0.892. The molecule has 2 N–H and O–H groups in total. The Balaban J connectivity index is 1.47. The highest BCUT2D eigenvalue weighted by molar-refractivity contribution is 5.94. The molecule has 1 amide bonds. The molecular weight excluding hydrogens is 318 g/mol. The summed E-state index contributed by atoms with van der Waals surface area (Å²) in [5, 5.41) is 14.9. The molecule has 1 saturated carbocycles. The second-order valence-corrected chi connectivity index (χ2v) is 7.26. The van der Waals surface area contributed by atoms with Gasteiger partial charge in [-0.2, -0.15) is 10.2 Å². The fourth-order valence-corrected chi connectivity index (χ4v) is 3.79. The summed E-state index contributed by atoms with van der Waals surface area (Å²) < 4.78 is 7.48. The lowest BCUT2D eigenvalue weighted by atomic mass is 9.83. The molecule has 2 aromatic heterocycles. The monoisotopic (exact) mass is 343 g/mol. The number of nitrogens with zero attached hydrogens (tertiary/aromatic N) is 3. The first-order valence-electron chi connectivity index (χ1n) is 9.06. The molecule has 2 atom stereocenters. The minimum Gasteiger partial charge on any atom is -0.369 e. The summed E-state index contributed by atoms with van der Waals surface area (Å²) in [5.41, 5.74) is 4.57. The van der Waals surface area contributed by atoms with E-state index in [1.54, 1.807) is 4.68 Å². The maximum Gasteiger partial charge on any atom is 0.270 e. The normalized spacial score (nSPS) is 23.2. The van der Waals surface area contributed by atoms with Crippen LogP contribution in [0.2, 0.25) is 0 Å². The second kappa shape index (κ2) is 6.29. The van der Waals surface area contributed by atoms with Crippen molar-refractivity contribution in [3.05, 3.63) is 34.4 Å². The van der Waals surface area contributed by atoms with E-state index in [1.807, 2.05) is 20.9 Å². The Labute approximate surface area is 147 Å². The van der Waals surface area contributed by atoms with Gasteiger partial charge in [0.25, 0.3) is 5.91 Å². The van der Waals surface area contributed by atoms with E-state index < -0.39 is 0 Å². The number of hydrogen-bond donors (Lipinski definition) is 2. The minimum absolute atomic E-state index is 0.0795. The first-order chi connectivity index (χ1) is 12.0. The highest BCUT2D eigenvalue weighted by Crippen LogP contribution is 2.35. The smallest absolute Gasteiger partial charge is 0.270 e. The van der Waals surface area contributed by atoms with Crippen LogP contribution in [-0.2, 0) is 24.8 Å². The molecule has 1 fully saturated rings. The Morgan fingerprint density at radius 1 is 1.44 bits per heavy atom. The number of aromatic amines is 1. The largest absolute Gasteiger partial charge is 0.369 e. The Morgan fingerprint density at radius 2 is 2.24 bits per heavy atom. The van der Waals surface area contributed by atoms with Gasteiger partial charge in [-0.05, 0) is 32.8 Å². The Hall–Kier alpha value is -2.15. The van der Waals surface area contributed by atoms with Crippen molar-refractivity contribution in [2.45, 2.75) is 64.2 Å². The zero-order valence-corrected chi connectivity index (χ0v) is 15.0. The summed E-state index contributed by atoms with van der Waals surface area (Å²) in [4.78, 5) is 12.7. The fourth-order valence-electron chi connectivity index (χ4n) is 3.79. The van der Waals surface area contributed by atoms with Gasteiger partial charge in [-0.15, -0.1) is 0 Å². The van der Waals surface area contributed by atoms with Crippen molar-refractivity contribution in [3.63, 3.8) is 0 Å². The molecule has 7 nitrogen and oxygen atoms in total. The van der Waals surface area contributed by atoms with Crippen molar-refractivity contribution >= 4 is 5.91 Å². The summed E-state index contributed by atoms with van der Waals surface area (Å²) in [6.45, 7) is 4.45. The average Bonchev–Trinajstić information content (AvgIpc) is 3.08. The summed E-state index contributed by atoms with van der Waals surface area (Å²) in [6, 6.07) is 2.07. The van der Waals surface area contributed by atoms with E-state index in [0.29, 0.717) is 24.6 Å². The molecule has 1 aliphatic heterocycles. The molecular formula is C18H25N5O2. The van der Waals surface area contributed by atoms with Crippen molar-refractivity contribution in [2.75, 3.05) is 0 Å². The number of aromatic nitrogens is 4. The third-order valence-corrected chi connectivity index (χ3v) is 5.32. The van der Waals surface area contributed by atoms with Gasteiger partial charge in [0.1, 0.15) is 5.69 Å². The number of carbonyl (C=O) groups excluding carboxylic acids is 1. The van der Waals surface area contributed by atoms with Gasteiger partial charge < -0.3 is 10.1 Å². The standard InChI is InChI=1S/C18H25N5O2/c1-10-7-14-16(11(2)25-10)22-23(3)17(14)18(24)19-9-13-8-15(21-20-13)12-5-4-6-12/h8,10-12H,4-7,9H2,1-3H3,(H,19,24)(H,20,21)/t10-,11+/m1/s1. The number of H-pyrrole nitrogens is 1. The van der Waals surface area contributed by atoms with Crippen LogP contribution in [0, 0.1) is 0 Å². The molecule has 7 heteroatoms. The first kappa shape index (κ1) is 16.3. The summed E-state index contributed by atoms with van der Waals surface area (Å²) in [6.07, 6.45) is 4.45. The van der Waals surface area contributed by atoms with Crippen LogP contribution in [0.25, 0.3) is 0 Å². The van der Waals surface area contributed by atoms with Crippen LogP contribution in [0.4, 0.5) is 0 Å². The van der Waals surface area contributed by atoms with E-state index in [0.717, 1.165) is 22.6 Å². The van der Waals surface area contributed by atoms with Gasteiger partial charge in [0.05, 0.1) is 35.8 Å². The number of nitrogens with one attached hydrogen (secondary N) is 2. The Bertz CT molecular complexity index is 789. The number of aryl methyl sites for hydroxylation is 1. The van der Waals surface area contributed by atoms with Crippen molar-refractivity contribution in [3.8, 4) is 0 Å². The molecule has 25 heavy (non-hydrogen) atoms. The molecule has 0 radical (unpaired) electrons. The van der Waals surface area contributed by atoms with Crippen LogP contribution in [0.5, 0.6) is 0 Å². The molecule has 2 aliphatic rings. The number of rotatable bonds is 4. The van der Waals surface area contributed by atoms with Crippen molar-refractivity contribution < 1.29 is 9.53 Å². The van der Waals surface area contributed by atoms with E-state index in [4.69, 9.17) is 4.74 Å². The number of fused-ring (bicyclic) bond motifs is 1. The zero-order valence-electron chi connectivity index (χ0n) is 15.0. The van der Waals surface area contributed by atoms with Crippen LogP contribution in [0.3, 0.4) is 0 Å². The van der Waals surface area contributed by atoms with Crippen LogP contribution in [-0.4, -0.2) is 32.0 Å². The number of carbonyl (C=O) groups is 1. The van der Waals surface area contributed by atoms with Gasteiger partial charge in [0.2, 0.25) is 0 Å². The Kier molecular flexibility index (Phi) is 4.11. The summed E-state index contributed by atoms with van der Waals surface area (Å²) >= 11 is 0. The van der Waals surface area contributed by atoms with E-state index in [9.17, 15) is 4.79 Å². The van der Waals surface area contributed by atoms with Crippen LogP contribution in [0.15, 0.2) is 6.07 Å². The SMILES string of the molecule is C[C@@H]1Cc2c(nn(C)c2C(=O)NCc2cc(C3CCC3)n[nH]2)[C@H](C)O1. The van der Waals surface area contributed by atoms with Crippen LogP contribution >= 0.6 is 0 Å². The maximum atomic E-state index is 12.7. The second-order valence-electron chi connectivity index (χ2n) is 7.26. The summed E-state index contributed by atoms with van der Waals surface area (Å²) in [7, 11) is 1.81. The van der Waals surface area contributed by atoms with E-state index in [-0.39, 0.29) is 18.1 Å². The lowest BCUT2D eigenvalue weighted by Crippen LogP contribution is -2.28. The molecule has 1 aliphatic carbocycles. The van der Waals surface area contributed by atoms with Gasteiger partial charge in [-0.1, -0.05) is 6.42 Å². The van der Waals surface area contributed by atoms with Crippen molar-refractivity contribution in [2.24, 2.45) is 7.05 Å². The number of hydrogen-bond acceptors (Lipinski definition) is 4. The molecule has 0 spiro atoms. The van der Waals surface area contributed by atoms with E-state index >= 15 is 0 Å². The van der Waals surface area contributed by atoms with Gasteiger partial charge in [0, 0.05) is 24.9 Å². The van der Waals surface area contributed by atoms with Gasteiger partial charge in [-0.3, -0.25) is 14.6 Å². The van der Waals surface area contributed by atoms with Crippen LogP contribution in [0.1, 0.15) is 78.3 Å². The molecule has 2 aromatic rings. The molecule has 4 rings (SSSR count). The predicted octanol–water partition coefficient (Wildman–Crippen LogP) is 2.36. The van der Waals surface area contributed by atoms with E-state index in [1.165, 1.54) is 19.3 Å². The van der Waals surface area contributed by atoms with Gasteiger partial charge in [-0.25, -0.2) is 0 Å². The number of ether oxygens (including phenoxy) is 1. The lowest BCUT2D eigenvalue weighted by Gasteiger charge is -2.24. The highest BCUT2D eigenvalue weighted by Gasteiger charge is 2.31. The highest BCUT2D eigenvalue weighted by atomic mass is 16.5. The van der Waals surface area contributed by atoms with Gasteiger partial charge in [0.15, 0.2) is 0 Å². The fraction of sp³-hybridized carbons (Fsp3) is 0.611. The van der Waals surface area contributed by atoms with Crippen molar-refractivity contribution in [1.82, 2.24) is 25.3 Å². The minimum atomic E-state index is -0.0997. The topological polar surface area (TPSA) is 84.8 Å². The Morgan fingerprint density at radius 3 is 2.96 bits per heavy atom. The maximum absolute atomic E-state index is 12.7. The molecule has 3 heterocycles. The average molecular weight is 343 g/mol.